The summed E-state index contributed by atoms with van der Waals surface area (Å²) in [5, 5.41) is 25.3. The number of nitrogens with one attached hydrogen (secondary N) is 2. The fourth-order valence-electron chi connectivity index (χ4n) is 3.58. The molecule has 3 amide bonds. The highest BCUT2D eigenvalue weighted by Gasteiger charge is 2.36. The van der Waals surface area contributed by atoms with Crippen LogP contribution in [0.1, 0.15) is 57.7 Å². The highest BCUT2D eigenvalue weighted by molar-refractivity contribution is 5.92. The molecule has 0 aliphatic heterocycles. The monoisotopic (exact) mass is 499 g/mol. The van der Waals surface area contributed by atoms with E-state index in [1.807, 2.05) is 37.3 Å². The Morgan fingerprint density at radius 3 is 2.33 bits per heavy atom. The van der Waals surface area contributed by atoms with E-state index >= 15 is 0 Å². The predicted molar refractivity (Wildman–Crippen MR) is 136 cm³/mol. The molecule has 0 bridgehead atoms. The van der Waals surface area contributed by atoms with E-state index in [0.717, 1.165) is 12.0 Å². The van der Waals surface area contributed by atoms with Crippen LogP contribution >= 0.6 is 0 Å². The van der Waals surface area contributed by atoms with Crippen molar-refractivity contribution in [3.05, 3.63) is 65.7 Å². The SMILES string of the molecule is CCCCN(C(=O)C(CO)NC(=O)OC(C)(C)C)C(C(=O)NCc1ccccc1)c1cccc(O)c1. The number of aliphatic hydroxyl groups excluding tert-OH is 1. The van der Waals surface area contributed by atoms with Gasteiger partial charge in [-0.2, -0.15) is 0 Å². The van der Waals surface area contributed by atoms with Gasteiger partial charge in [0.05, 0.1) is 6.61 Å². The zero-order valence-corrected chi connectivity index (χ0v) is 21.4. The van der Waals surface area contributed by atoms with Crippen molar-refractivity contribution in [3.8, 4) is 5.75 Å². The van der Waals surface area contributed by atoms with Crippen LogP contribution in [0.25, 0.3) is 0 Å². The van der Waals surface area contributed by atoms with E-state index in [9.17, 15) is 24.6 Å². The average molecular weight is 500 g/mol. The summed E-state index contributed by atoms with van der Waals surface area (Å²) >= 11 is 0. The van der Waals surface area contributed by atoms with Crippen molar-refractivity contribution in [2.24, 2.45) is 0 Å². The van der Waals surface area contributed by atoms with E-state index in [4.69, 9.17) is 4.74 Å². The third kappa shape index (κ3) is 8.88. The number of aromatic hydroxyl groups is 1. The molecule has 0 aliphatic rings. The minimum absolute atomic E-state index is 0.0539. The zero-order valence-electron chi connectivity index (χ0n) is 21.4. The van der Waals surface area contributed by atoms with Gasteiger partial charge in [-0.05, 0) is 50.5 Å². The average Bonchev–Trinajstić information content (AvgIpc) is 2.82. The molecule has 0 aliphatic carbocycles. The first kappa shape index (κ1) is 28.6. The number of hydrogen-bond donors (Lipinski definition) is 4. The number of alkyl carbamates (subject to hydrolysis) is 1. The van der Waals surface area contributed by atoms with Gasteiger partial charge >= 0.3 is 6.09 Å². The quantitative estimate of drug-likeness (QED) is 0.376. The molecule has 2 unspecified atom stereocenters. The molecule has 9 nitrogen and oxygen atoms in total. The van der Waals surface area contributed by atoms with Gasteiger partial charge in [0, 0.05) is 13.1 Å². The van der Waals surface area contributed by atoms with E-state index in [1.165, 1.54) is 17.0 Å². The number of nitrogens with zero attached hydrogens (tertiary/aromatic N) is 1. The molecule has 0 radical (unpaired) electrons. The van der Waals surface area contributed by atoms with E-state index < -0.39 is 42.2 Å². The number of amides is 3. The van der Waals surface area contributed by atoms with Crippen LogP contribution in [0.3, 0.4) is 0 Å². The number of phenols is 1. The van der Waals surface area contributed by atoms with E-state index in [-0.39, 0.29) is 18.8 Å². The van der Waals surface area contributed by atoms with Crippen LogP contribution in [0.4, 0.5) is 4.79 Å². The highest BCUT2D eigenvalue weighted by Crippen LogP contribution is 2.26. The van der Waals surface area contributed by atoms with Gasteiger partial charge in [0.25, 0.3) is 0 Å². The standard InChI is InChI=1S/C27H37N3O6/c1-5-6-15-30(25(34)22(18-31)29-26(35)36-27(2,3)4)23(20-13-10-14-21(32)16-20)24(33)28-17-19-11-8-7-9-12-19/h7-14,16,22-23,31-32H,5-6,15,17-18H2,1-4H3,(H,28,33)(H,29,35). The van der Waals surface area contributed by atoms with Gasteiger partial charge in [-0.1, -0.05) is 55.8 Å². The Bertz CT molecular complexity index is 1010. The molecule has 0 aromatic heterocycles. The van der Waals surface area contributed by atoms with Crippen molar-refractivity contribution in [2.75, 3.05) is 13.2 Å². The Kier molecular flexibility index (Phi) is 10.7. The Morgan fingerprint density at radius 1 is 1.06 bits per heavy atom. The summed E-state index contributed by atoms with van der Waals surface area (Å²) in [6, 6.07) is 13.0. The first-order chi connectivity index (χ1) is 17.1. The first-order valence-corrected chi connectivity index (χ1v) is 12.1. The van der Waals surface area contributed by atoms with Crippen molar-refractivity contribution in [3.63, 3.8) is 0 Å². The summed E-state index contributed by atoms with van der Waals surface area (Å²) in [4.78, 5) is 40.8. The lowest BCUT2D eigenvalue weighted by atomic mass is 10.0. The van der Waals surface area contributed by atoms with Gasteiger partial charge < -0.3 is 30.5 Å². The molecule has 0 saturated carbocycles. The molecule has 0 saturated heterocycles. The van der Waals surface area contributed by atoms with Crippen LogP contribution in [0, 0.1) is 0 Å². The fourth-order valence-corrected chi connectivity index (χ4v) is 3.58. The van der Waals surface area contributed by atoms with Crippen molar-refractivity contribution < 1.29 is 29.3 Å². The fraction of sp³-hybridized carbons (Fsp3) is 0.444. The van der Waals surface area contributed by atoms with Crippen molar-refractivity contribution in [1.82, 2.24) is 15.5 Å². The Balaban J connectivity index is 2.38. The number of phenolic OH excluding ortho intramolecular Hbond substituents is 1. The number of aliphatic hydroxyl groups is 1. The molecule has 0 heterocycles. The lowest BCUT2D eigenvalue weighted by Crippen LogP contribution is -2.54. The topological polar surface area (TPSA) is 128 Å². The van der Waals surface area contributed by atoms with Crippen molar-refractivity contribution in [1.29, 1.82) is 0 Å². The largest absolute Gasteiger partial charge is 0.508 e. The number of ether oxygens (including phenoxy) is 1. The normalized spacial score (nSPS) is 12.8. The Hall–Kier alpha value is -3.59. The van der Waals surface area contributed by atoms with Crippen LogP contribution in [0.15, 0.2) is 54.6 Å². The molecule has 2 aromatic carbocycles. The molecule has 4 N–H and O–H groups in total. The molecule has 0 fully saturated rings. The van der Waals surface area contributed by atoms with E-state index in [1.54, 1.807) is 32.9 Å². The number of benzene rings is 2. The first-order valence-electron chi connectivity index (χ1n) is 12.1. The minimum Gasteiger partial charge on any atom is -0.508 e. The maximum absolute atomic E-state index is 13.6. The number of rotatable bonds is 11. The van der Waals surface area contributed by atoms with E-state index in [0.29, 0.717) is 12.0 Å². The summed E-state index contributed by atoms with van der Waals surface area (Å²) in [7, 11) is 0. The number of hydrogen-bond acceptors (Lipinski definition) is 6. The summed E-state index contributed by atoms with van der Waals surface area (Å²) in [5.41, 5.74) is 0.488. The maximum Gasteiger partial charge on any atom is 0.408 e. The van der Waals surface area contributed by atoms with Crippen LogP contribution in [-0.2, 0) is 20.9 Å². The summed E-state index contributed by atoms with van der Waals surface area (Å²) in [6.07, 6.45) is 0.469. The minimum atomic E-state index is -1.32. The maximum atomic E-state index is 13.6. The number of carbonyl (C=O) groups is 3. The van der Waals surface area contributed by atoms with Crippen LogP contribution < -0.4 is 10.6 Å². The highest BCUT2D eigenvalue weighted by atomic mass is 16.6. The van der Waals surface area contributed by atoms with Gasteiger partial charge in [-0.15, -0.1) is 0 Å². The molecule has 9 heteroatoms. The van der Waals surface area contributed by atoms with Gasteiger partial charge in [0.15, 0.2) is 0 Å². The smallest absolute Gasteiger partial charge is 0.408 e. The van der Waals surface area contributed by atoms with Gasteiger partial charge in [-0.3, -0.25) is 9.59 Å². The van der Waals surface area contributed by atoms with Gasteiger partial charge in [-0.25, -0.2) is 4.79 Å². The van der Waals surface area contributed by atoms with Crippen molar-refractivity contribution in [2.45, 2.75) is 64.8 Å². The molecule has 196 valence electrons. The molecular weight excluding hydrogens is 462 g/mol. The second-order valence-electron chi connectivity index (χ2n) is 9.47. The van der Waals surface area contributed by atoms with Crippen LogP contribution in [0.2, 0.25) is 0 Å². The third-order valence-electron chi connectivity index (χ3n) is 5.26. The molecule has 2 rings (SSSR count). The molecule has 36 heavy (non-hydrogen) atoms. The molecular formula is C27H37N3O6. The molecule has 0 spiro atoms. The second kappa shape index (κ2) is 13.5. The Morgan fingerprint density at radius 2 is 1.75 bits per heavy atom. The van der Waals surface area contributed by atoms with Crippen LogP contribution in [-0.4, -0.2) is 57.8 Å². The van der Waals surface area contributed by atoms with Crippen molar-refractivity contribution >= 4 is 17.9 Å². The second-order valence-corrected chi connectivity index (χ2v) is 9.47. The molecule has 2 aromatic rings. The zero-order chi connectivity index (χ0) is 26.7. The lowest BCUT2D eigenvalue weighted by Gasteiger charge is -2.34. The van der Waals surface area contributed by atoms with E-state index in [2.05, 4.69) is 10.6 Å². The lowest BCUT2D eigenvalue weighted by molar-refractivity contribution is -0.143. The predicted octanol–water partition coefficient (Wildman–Crippen LogP) is 3.26. The Labute approximate surface area is 212 Å². The third-order valence-corrected chi connectivity index (χ3v) is 5.26. The summed E-state index contributed by atoms with van der Waals surface area (Å²) < 4.78 is 5.23. The number of unbranched alkanes of at least 4 members (excludes halogenated alkanes) is 1. The molecule has 2 atom stereocenters. The van der Waals surface area contributed by atoms with Crippen LogP contribution in [0.5, 0.6) is 5.75 Å². The van der Waals surface area contributed by atoms with Gasteiger partial charge in [0.2, 0.25) is 11.8 Å². The summed E-state index contributed by atoms with van der Waals surface area (Å²) in [6.45, 7) is 6.76. The summed E-state index contributed by atoms with van der Waals surface area (Å²) in [5.74, 6) is -1.15. The van der Waals surface area contributed by atoms with Gasteiger partial charge in [0.1, 0.15) is 23.4 Å². The number of carbonyl (C=O) groups excluding carboxylic acids is 3.